The number of ether oxygens (including phenoxy) is 2. The Labute approximate surface area is 191 Å². The second kappa shape index (κ2) is 11.5. The summed E-state index contributed by atoms with van der Waals surface area (Å²) in [6.07, 6.45) is 6.95. The van der Waals surface area contributed by atoms with Crippen molar-refractivity contribution in [3.63, 3.8) is 0 Å². The van der Waals surface area contributed by atoms with Crippen LogP contribution in [0.4, 0.5) is 4.39 Å². The fourth-order valence-corrected chi connectivity index (χ4v) is 3.69. The van der Waals surface area contributed by atoms with Crippen LogP contribution in [0.1, 0.15) is 50.7 Å². The minimum atomic E-state index is -0.352. The number of hydrogen-bond donors (Lipinski definition) is 0. The largest absolute Gasteiger partial charge is 0.494 e. The highest BCUT2D eigenvalue weighted by Gasteiger charge is 2.22. The van der Waals surface area contributed by atoms with Gasteiger partial charge in [-0.05, 0) is 73.2 Å². The molecule has 0 saturated carbocycles. The number of aryl methyl sites for hydroxylation is 1. The van der Waals surface area contributed by atoms with Crippen LogP contribution in [0.25, 0.3) is 0 Å². The van der Waals surface area contributed by atoms with Crippen molar-refractivity contribution in [2.45, 2.75) is 51.4 Å². The summed E-state index contributed by atoms with van der Waals surface area (Å²) in [7, 11) is 0. The highest BCUT2D eigenvalue weighted by molar-refractivity contribution is 5.36. The summed E-state index contributed by atoms with van der Waals surface area (Å²) in [5.41, 5.74) is 2.15. The van der Waals surface area contributed by atoms with Gasteiger partial charge >= 0.3 is 0 Å². The first-order valence-corrected chi connectivity index (χ1v) is 11.4. The van der Waals surface area contributed by atoms with Crippen molar-refractivity contribution in [3.05, 3.63) is 102 Å². The second-order valence-electron chi connectivity index (χ2n) is 8.38. The first kappa shape index (κ1) is 23.6. The maximum atomic E-state index is 14.2. The molecule has 0 aliphatic heterocycles. The summed E-state index contributed by atoms with van der Waals surface area (Å²) in [5.74, 6) is 1.45. The SMILES string of the molecule is C=CC(C)(CCCc1ccc(F)c(Oc2ccccc2)c1)c1ccc(OCCCC)cc1. The Bertz CT molecular complexity index is 982. The molecule has 3 rings (SSSR count). The molecule has 3 aromatic carbocycles. The van der Waals surface area contributed by atoms with E-state index in [4.69, 9.17) is 9.47 Å². The molecule has 0 fully saturated rings. The summed E-state index contributed by atoms with van der Waals surface area (Å²) in [5, 5.41) is 0. The molecule has 0 aliphatic carbocycles. The molecule has 0 bridgehead atoms. The van der Waals surface area contributed by atoms with E-state index in [0.717, 1.165) is 50.0 Å². The Balaban J connectivity index is 1.60. The van der Waals surface area contributed by atoms with Crippen LogP contribution < -0.4 is 9.47 Å². The molecule has 0 aromatic heterocycles. The number of para-hydroxylation sites is 1. The van der Waals surface area contributed by atoms with Crippen LogP contribution in [-0.2, 0) is 11.8 Å². The smallest absolute Gasteiger partial charge is 0.165 e. The van der Waals surface area contributed by atoms with Gasteiger partial charge in [0.15, 0.2) is 11.6 Å². The van der Waals surface area contributed by atoms with E-state index in [9.17, 15) is 4.39 Å². The number of benzene rings is 3. The van der Waals surface area contributed by atoms with Gasteiger partial charge in [0.2, 0.25) is 0 Å². The molecule has 3 heteroatoms. The molecule has 1 atom stereocenters. The fraction of sp³-hybridized carbons (Fsp3) is 0.310. The average molecular weight is 433 g/mol. The van der Waals surface area contributed by atoms with E-state index in [-0.39, 0.29) is 17.0 Å². The summed E-state index contributed by atoms with van der Waals surface area (Å²) in [6, 6.07) is 22.8. The highest BCUT2D eigenvalue weighted by Crippen LogP contribution is 2.33. The predicted octanol–water partition coefficient (Wildman–Crippen LogP) is 8.26. The molecule has 32 heavy (non-hydrogen) atoms. The van der Waals surface area contributed by atoms with Crippen LogP contribution in [-0.4, -0.2) is 6.61 Å². The lowest BCUT2D eigenvalue weighted by Crippen LogP contribution is -2.19. The molecule has 0 spiro atoms. The van der Waals surface area contributed by atoms with Gasteiger partial charge in [-0.15, -0.1) is 6.58 Å². The second-order valence-corrected chi connectivity index (χ2v) is 8.38. The zero-order valence-corrected chi connectivity index (χ0v) is 19.1. The van der Waals surface area contributed by atoms with Gasteiger partial charge in [0.05, 0.1) is 6.61 Å². The third-order valence-electron chi connectivity index (χ3n) is 5.86. The summed E-state index contributed by atoms with van der Waals surface area (Å²) >= 11 is 0. The zero-order chi connectivity index (χ0) is 22.8. The fourth-order valence-electron chi connectivity index (χ4n) is 3.69. The maximum absolute atomic E-state index is 14.2. The average Bonchev–Trinajstić information content (AvgIpc) is 2.82. The van der Waals surface area contributed by atoms with Gasteiger partial charge in [-0.3, -0.25) is 0 Å². The normalized spacial score (nSPS) is 12.7. The number of rotatable bonds is 12. The molecule has 0 aliphatic rings. The molecule has 0 N–H and O–H groups in total. The summed E-state index contributed by atoms with van der Waals surface area (Å²) < 4.78 is 25.7. The molecule has 3 aromatic rings. The van der Waals surface area contributed by atoms with Gasteiger partial charge in [0.1, 0.15) is 11.5 Å². The molecule has 168 valence electrons. The van der Waals surface area contributed by atoms with Gasteiger partial charge in [-0.2, -0.15) is 0 Å². The van der Waals surface area contributed by atoms with Crippen LogP contribution in [0.3, 0.4) is 0 Å². The summed E-state index contributed by atoms with van der Waals surface area (Å²) in [4.78, 5) is 0. The van der Waals surface area contributed by atoms with Crippen molar-refractivity contribution < 1.29 is 13.9 Å². The monoisotopic (exact) mass is 432 g/mol. The Kier molecular flexibility index (Phi) is 8.49. The first-order valence-electron chi connectivity index (χ1n) is 11.4. The standard InChI is InChI=1S/C29H33FO2/c1-4-6-21-31-25-17-15-24(16-18-25)29(3,5-2)20-10-11-23-14-19-27(30)28(22-23)32-26-12-8-7-9-13-26/h5,7-9,12-19,22H,2,4,6,10-11,20-21H2,1,3H3. The lowest BCUT2D eigenvalue weighted by molar-refractivity contribution is 0.309. The van der Waals surface area contributed by atoms with Crippen LogP contribution in [0.2, 0.25) is 0 Å². The minimum Gasteiger partial charge on any atom is -0.494 e. The third-order valence-corrected chi connectivity index (χ3v) is 5.86. The van der Waals surface area contributed by atoms with E-state index in [2.05, 4.69) is 32.6 Å². The van der Waals surface area contributed by atoms with Crippen molar-refractivity contribution in [1.29, 1.82) is 0 Å². The van der Waals surface area contributed by atoms with E-state index in [1.807, 2.05) is 54.6 Å². The van der Waals surface area contributed by atoms with E-state index in [0.29, 0.717) is 5.75 Å². The maximum Gasteiger partial charge on any atom is 0.165 e. The Hall–Kier alpha value is -3.07. The van der Waals surface area contributed by atoms with Gasteiger partial charge in [-0.25, -0.2) is 4.39 Å². The van der Waals surface area contributed by atoms with E-state index in [1.54, 1.807) is 6.07 Å². The number of halogens is 1. The lowest BCUT2D eigenvalue weighted by Gasteiger charge is -2.27. The molecule has 0 amide bonds. The molecule has 1 unspecified atom stereocenters. The van der Waals surface area contributed by atoms with Crippen LogP contribution in [0.5, 0.6) is 17.2 Å². The molecule has 0 heterocycles. The zero-order valence-electron chi connectivity index (χ0n) is 19.1. The van der Waals surface area contributed by atoms with Crippen molar-refractivity contribution in [2.75, 3.05) is 6.61 Å². The van der Waals surface area contributed by atoms with Gasteiger partial charge in [-0.1, -0.05) is 62.7 Å². The van der Waals surface area contributed by atoms with Crippen molar-refractivity contribution in [2.24, 2.45) is 0 Å². The quantitative estimate of drug-likeness (QED) is 0.212. The Morgan fingerprint density at radius 2 is 1.69 bits per heavy atom. The summed E-state index contributed by atoms with van der Waals surface area (Å²) in [6.45, 7) is 9.21. The molecular weight excluding hydrogens is 399 g/mol. The van der Waals surface area contributed by atoms with Crippen LogP contribution in [0, 0.1) is 5.82 Å². The topological polar surface area (TPSA) is 18.5 Å². The Morgan fingerprint density at radius 3 is 2.38 bits per heavy atom. The molecular formula is C29H33FO2. The van der Waals surface area contributed by atoms with Gasteiger partial charge in [0.25, 0.3) is 0 Å². The van der Waals surface area contributed by atoms with Gasteiger partial charge in [0, 0.05) is 5.41 Å². The van der Waals surface area contributed by atoms with Crippen LogP contribution in [0.15, 0.2) is 85.5 Å². The van der Waals surface area contributed by atoms with Crippen molar-refractivity contribution in [1.82, 2.24) is 0 Å². The molecule has 0 radical (unpaired) electrons. The van der Waals surface area contributed by atoms with E-state index < -0.39 is 0 Å². The van der Waals surface area contributed by atoms with Crippen molar-refractivity contribution in [3.8, 4) is 17.2 Å². The first-order chi connectivity index (χ1) is 15.5. The molecule has 2 nitrogen and oxygen atoms in total. The predicted molar refractivity (Wildman–Crippen MR) is 130 cm³/mol. The number of hydrogen-bond acceptors (Lipinski definition) is 2. The number of unbranched alkanes of at least 4 members (excludes halogenated alkanes) is 1. The number of allylic oxidation sites excluding steroid dienone is 1. The highest BCUT2D eigenvalue weighted by atomic mass is 19.1. The van der Waals surface area contributed by atoms with E-state index in [1.165, 1.54) is 11.6 Å². The molecule has 0 saturated heterocycles. The Morgan fingerprint density at radius 1 is 0.938 bits per heavy atom. The van der Waals surface area contributed by atoms with Crippen LogP contribution >= 0.6 is 0 Å². The van der Waals surface area contributed by atoms with E-state index >= 15 is 0 Å². The third kappa shape index (κ3) is 6.46. The lowest BCUT2D eigenvalue weighted by atomic mass is 9.78. The minimum absolute atomic E-state index is 0.134. The van der Waals surface area contributed by atoms with Gasteiger partial charge < -0.3 is 9.47 Å². The van der Waals surface area contributed by atoms with Crippen molar-refractivity contribution >= 4 is 0 Å².